The number of nitrogens with one attached hydrogen (secondary N) is 1. The molecule has 0 bridgehead atoms. The third-order valence-electron chi connectivity index (χ3n) is 3.79. The molecule has 0 unspecified atom stereocenters. The number of hydrogen-bond acceptors (Lipinski definition) is 6. The first kappa shape index (κ1) is 19.4. The molecule has 1 fully saturated rings. The van der Waals surface area contributed by atoms with Gasteiger partial charge in [-0.05, 0) is 27.7 Å². The summed E-state index contributed by atoms with van der Waals surface area (Å²) in [6.07, 6.45) is 1.70. The highest BCUT2D eigenvalue weighted by molar-refractivity contribution is 5.81. The predicted molar refractivity (Wildman–Crippen MR) is 85.7 cm³/mol. The lowest BCUT2D eigenvalue weighted by atomic mass is 9.80. The fourth-order valence-electron chi connectivity index (χ4n) is 3.31. The molecule has 7 nitrogen and oxygen atoms in total. The predicted octanol–water partition coefficient (Wildman–Crippen LogP) is 2.02. The first-order valence-electron chi connectivity index (χ1n) is 7.70. The van der Waals surface area contributed by atoms with Gasteiger partial charge in [-0.15, -0.1) is 0 Å². The summed E-state index contributed by atoms with van der Waals surface area (Å²) >= 11 is 0. The number of ether oxygens (including phenoxy) is 2. The first-order valence-corrected chi connectivity index (χ1v) is 7.70. The van der Waals surface area contributed by atoms with Crippen molar-refractivity contribution in [2.24, 2.45) is 0 Å². The first-order chi connectivity index (χ1) is 10.6. The Hall–Kier alpha value is -1.60. The quantitative estimate of drug-likeness (QED) is 0.457. The minimum absolute atomic E-state index is 0.0824. The van der Waals surface area contributed by atoms with Crippen LogP contribution < -0.4 is 5.32 Å². The molecule has 1 heterocycles. The lowest BCUT2D eigenvalue weighted by Crippen LogP contribution is -2.61. The summed E-state index contributed by atoms with van der Waals surface area (Å²) in [7, 11) is 1.65. The summed E-state index contributed by atoms with van der Waals surface area (Å²) < 4.78 is 10.3. The van der Waals surface area contributed by atoms with Gasteiger partial charge in [-0.1, -0.05) is 6.58 Å². The van der Waals surface area contributed by atoms with E-state index in [4.69, 9.17) is 14.3 Å². The molecule has 1 aliphatic rings. The summed E-state index contributed by atoms with van der Waals surface area (Å²) in [6, 6.07) is 0. The van der Waals surface area contributed by atoms with Crippen molar-refractivity contribution < 1.29 is 23.9 Å². The van der Waals surface area contributed by atoms with Gasteiger partial charge in [0.05, 0.1) is 13.7 Å². The zero-order valence-corrected chi connectivity index (χ0v) is 14.7. The van der Waals surface area contributed by atoms with Gasteiger partial charge in [0.1, 0.15) is 12.7 Å². The Morgan fingerprint density at radius 3 is 2.30 bits per heavy atom. The van der Waals surface area contributed by atoms with Gasteiger partial charge in [0.15, 0.2) is 0 Å². The van der Waals surface area contributed by atoms with E-state index in [1.165, 1.54) is 0 Å². The van der Waals surface area contributed by atoms with E-state index in [9.17, 15) is 9.59 Å². The van der Waals surface area contributed by atoms with Crippen LogP contribution in [0.15, 0.2) is 12.7 Å². The Bertz CT molecular complexity index is 430. The Labute approximate surface area is 137 Å². The maximum atomic E-state index is 11.9. The molecule has 1 saturated heterocycles. The molecule has 0 aromatic rings. The molecule has 0 saturated carbocycles. The molecular weight excluding hydrogens is 300 g/mol. The number of alkyl carbamates (subject to hydrolysis) is 1. The maximum absolute atomic E-state index is 11.9. The second-order valence-electron chi connectivity index (χ2n) is 6.84. The normalized spacial score (nSPS) is 20.6. The van der Waals surface area contributed by atoms with Gasteiger partial charge in [-0.3, -0.25) is 0 Å². The van der Waals surface area contributed by atoms with Crippen LogP contribution in [0.2, 0.25) is 0 Å². The van der Waals surface area contributed by atoms with Crippen LogP contribution in [0.1, 0.15) is 40.5 Å². The van der Waals surface area contributed by atoms with Crippen LogP contribution >= 0.6 is 0 Å². The lowest BCUT2D eigenvalue weighted by molar-refractivity contribution is -0.276. The topological polar surface area (TPSA) is 77.1 Å². The van der Waals surface area contributed by atoms with Gasteiger partial charge < -0.3 is 19.6 Å². The number of amides is 1. The number of hydrogen-bond donors (Lipinski definition) is 1. The van der Waals surface area contributed by atoms with Crippen LogP contribution in [-0.4, -0.2) is 54.6 Å². The summed E-state index contributed by atoms with van der Waals surface area (Å²) in [6.45, 7) is 11.8. The van der Waals surface area contributed by atoms with Crippen molar-refractivity contribution in [2.75, 3.05) is 20.3 Å². The largest absolute Gasteiger partial charge is 0.461 e. The summed E-state index contributed by atoms with van der Waals surface area (Å²) in [5.41, 5.74) is -0.498. The number of esters is 1. The molecular formula is C16H28N2O5. The van der Waals surface area contributed by atoms with E-state index >= 15 is 0 Å². The molecule has 1 rings (SSSR count). The summed E-state index contributed by atoms with van der Waals surface area (Å²) in [5, 5.41) is 4.52. The van der Waals surface area contributed by atoms with Gasteiger partial charge in [-0.25, -0.2) is 9.59 Å². The zero-order valence-electron chi connectivity index (χ0n) is 14.7. The van der Waals surface area contributed by atoms with Crippen LogP contribution in [-0.2, 0) is 19.1 Å². The fourth-order valence-corrected chi connectivity index (χ4v) is 3.31. The van der Waals surface area contributed by atoms with E-state index < -0.39 is 12.1 Å². The average molecular weight is 328 g/mol. The van der Waals surface area contributed by atoms with Gasteiger partial charge in [0, 0.05) is 30.0 Å². The summed E-state index contributed by atoms with van der Waals surface area (Å²) in [5.74, 6) is -0.518. The van der Waals surface area contributed by atoms with Crippen molar-refractivity contribution in [3.05, 3.63) is 12.7 Å². The third kappa shape index (κ3) is 5.51. The van der Waals surface area contributed by atoms with Crippen LogP contribution in [0, 0.1) is 0 Å². The van der Waals surface area contributed by atoms with Crippen molar-refractivity contribution in [3.63, 3.8) is 0 Å². The highest BCUT2D eigenvalue weighted by Gasteiger charge is 2.47. The molecule has 1 aliphatic heterocycles. The molecule has 23 heavy (non-hydrogen) atoms. The molecule has 1 amide bonds. The highest BCUT2D eigenvalue weighted by Crippen LogP contribution is 2.39. The van der Waals surface area contributed by atoms with Crippen molar-refractivity contribution in [2.45, 2.75) is 57.7 Å². The van der Waals surface area contributed by atoms with Crippen LogP contribution in [0.25, 0.3) is 0 Å². The SMILES string of the molecule is C=CC(=O)OCCNC(=O)OC1CC(C)(C)N(OC)C(C)(C)C1. The van der Waals surface area contributed by atoms with Gasteiger partial charge >= 0.3 is 12.1 Å². The number of nitrogens with zero attached hydrogens (tertiary/aromatic N) is 1. The molecule has 7 heteroatoms. The molecule has 132 valence electrons. The molecule has 0 aromatic heterocycles. The van der Waals surface area contributed by atoms with Crippen LogP contribution in [0.5, 0.6) is 0 Å². The second kappa shape index (κ2) is 7.79. The van der Waals surface area contributed by atoms with E-state index in [0.29, 0.717) is 12.8 Å². The smallest absolute Gasteiger partial charge is 0.407 e. The fraction of sp³-hybridized carbons (Fsp3) is 0.750. The summed E-state index contributed by atoms with van der Waals surface area (Å²) in [4.78, 5) is 28.2. The molecule has 0 aromatic carbocycles. The van der Waals surface area contributed by atoms with Gasteiger partial charge in [0.25, 0.3) is 0 Å². The van der Waals surface area contributed by atoms with E-state index in [1.54, 1.807) is 7.11 Å². The van der Waals surface area contributed by atoms with Gasteiger partial charge in [-0.2, -0.15) is 5.06 Å². The monoisotopic (exact) mass is 328 g/mol. The van der Waals surface area contributed by atoms with E-state index in [1.807, 2.05) is 5.06 Å². The van der Waals surface area contributed by atoms with Crippen molar-refractivity contribution in [1.82, 2.24) is 10.4 Å². The minimum Gasteiger partial charge on any atom is -0.461 e. The number of hydroxylamine groups is 2. The highest BCUT2D eigenvalue weighted by atomic mass is 16.7. The standard InChI is InChI=1S/C16H28N2O5/c1-7-13(19)22-9-8-17-14(20)23-12-10-15(2,3)18(21-6)16(4,5)11-12/h7,12H,1,8-11H2,2-6H3,(H,17,20). The second-order valence-corrected chi connectivity index (χ2v) is 6.84. The minimum atomic E-state index is -0.518. The zero-order chi connectivity index (χ0) is 17.7. The maximum Gasteiger partial charge on any atom is 0.407 e. The van der Waals surface area contributed by atoms with E-state index in [-0.39, 0.29) is 30.3 Å². The Kier molecular flexibility index (Phi) is 6.58. The van der Waals surface area contributed by atoms with Gasteiger partial charge in [0.2, 0.25) is 0 Å². The van der Waals surface area contributed by atoms with Crippen LogP contribution in [0.3, 0.4) is 0 Å². The molecule has 0 spiro atoms. The number of carbonyl (C=O) groups is 2. The lowest BCUT2D eigenvalue weighted by Gasteiger charge is -2.52. The number of carbonyl (C=O) groups excluding carboxylic acids is 2. The average Bonchev–Trinajstić information content (AvgIpc) is 2.40. The molecule has 0 aliphatic carbocycles. The molecule has 0 radical (unpaired) electrons. The van der Waals surface area contributed by atoms with Crippen LogP contribution in [0.4, 0.5) is 4.79 Å². The van der Waals surface area contributed by atoms with Crippen molar-refractivity contribution >= 4 is 12.1 Å². The Balaban J connectivity index is 2.46. The third-order valence-corrected chi connectivity index (χ3v) is 3.79. The molecule has 1 N–H and O–H groups in total. The Morgan fingerprint density at radius 2 is 1.83 bits per heavy atom. The van der Waals surface area contributed by atoms with E-state index in [0.717, 1.165) is 6.08 Å². The van der Waals surface area contributed by atoms with E-state index in [2.05, 4.69) is 39.6 Å². The van der Waals surface area contributed by atoms with Crippen molar-refractivity contribution in [1.29, 1.82) is 0 Å². The van der Waals surface area contributed by atoms with Crippen molar-refractivity contribution in [3.8, 4) is 0 Å². The Morgan fingerprint density at radius 1 is 1.26 bits per heavy atom. The number of piperidine rings is 1. The molecule has 0 atom stereocenters. The number of rotatable bonds is 6.